The van der Waals surface area contributed by atoms with Gasteiger partial charge in [0.2, 0.25) is 0 Å². The van der Waals surface area contributed by atoms with E-state index in [0.29, 0.717) is 24.4 Å². The summed E-state index contributed by atoms with van der Waals surface area (Å²) in [6.45, 7) is 0.580. The maximum atomic E-state index is 10.8. The van der Waals surface area contributed by atoms with E-state index in [1.54, 1.807) is 13.2 Å². The van der Waals surface area contributed by atoms with Crippen LogP contribution in [-0.4, -0.2) is 18.6 Å². The van der Waals surface area contributed by atoms with Gasteiger partial charge in [-0.1, -0.05) is 0 Å². The SMILES string of the molecule is COc1ccc([N+](=O)[O-])c2c1CCN2N. The van der Waals surface area contributed by atoms with Crippen LogP contribution >= 0.6 is 0 Å². The van der Waals surface area contributed by atoms with Gasteiger partial charge in [-0.25, -0.2) is 5.84 Å². The molecule has 0 atom stereocenters. The van der Waals surface area contributed by atoms with E-state index in [9.17, 15) is 10.1 Å². The van der Waals surface area contributed by atoms with Crippen molar-refractivity contribution in [3.63, 3.8) is 0 Å². The molecule has 1 aliphatic heterocycles. The summed E-state index contributed by atoms with van der Waals surface area (Å²) in [5, 5.41) is 12.2. The number of fused-ring (bicyclic) bond motifs is 1. The van der Waals surface area contributed by atoms with E-state index in [-0.39, 0.29) is 5.69 Å². The van der Waals surface area contributed by atoms with Crippen LogP contribution in [0.15, 0.2) is 12.1 Å². The van der Waals surface area contributed by atoms with Gasteiger partial charge in [0.1, 0.15) is 11.4 Å². The maximum absolute atomic E-state index is 10.8. The zero-order valence-corrected chi connectivity index (χ0v) is 8.27. The smallest absolute Gasteiger partial charge is 0.294 e. The number of hydrazine groups is 1. The van der Waals surface area contributed by atoms with E-state index in [1.165, 1.54) is 11.1 Å². The fourth-order valence-corrected chi connectivity index (χ4v) is 1.85. The summed E-state index contributed by atoms with van der Waals surface area (Å²) in [6, 6.07) is 3.03. The molecule has 0 saturated carbocycles. The first-order valence-corrected chi connectivity index (χ1v) is 4.51. The number of anilines is 1. The van der Waals surface area contributed by atoms with Crippen LogP contribution in [0.1, 0.15) is 5.56 Å². The van der Waals surface area contributed by atoms with Gasteiger partial charge in [0.05, 0.1) is 12.0 Å². The lowest BCUT2D eigenvalue weighted by molar-refractivity contribution is -0.384. The van der Waals surface area contributed by atoms with Crippen LogP contribution in [0.5, 0.6) is 5.75 Å². The predicted molar refractivity (Wildman–Crippen MR) is 54.9 cm³/mol. The second kappa shape index (κ2) is 3.39. The van der Waals surface area contributed by atoms with Gasteiger partial charge in [-0.3, -0.25) is 10.1 Å². The number of nitrogens with two attached hydrogens (primary N) is 1. The van der Waals surface area contributed by atoms with Crippen molar-refractivity contribution >= 4 is 11.4 Å². The molecule has 80 valence electrons. The fraction of sp³-hybridized carbons (Fsp3) is 0.333. The molecular weight excluding hydrogens is 198 g/mol. The Morgan fingerprint density at radius 1 is 1.60 bits per heavy atom. The Morgan fingerprint density at radius 2 is 2.33 bits per heavy atom. The molecule has 0 aliphatic carbocycles. The second-order valence-electron chi connectivity index (χ2n) is 3.31. The lowest BCUT2D eigenvalue weighted by Gasteiger charge is -2.12. The Hall–Kier alpha value is -1.82. The minimum absolute atomic E-state index is 0.0331. The number of methoxy groups -OCH3 is 1. The maximum Gasteiger partial charge on any atom is 0.294 e. The minimum atomic E-state index is -0.427. The molecule has 0 saturated heterocycles. The highest BCUT2D eigenvalue weighted by molar-refractivity contribution is 5.73. The molecule has 15 heavy (non-hydrogen) atoms. The van der Waals surface area contributed by atoms with Gasteiger partial charge in [0, 0.05) is 18.2 Å². The lowest BCUT2D eigenvalue weighted by atomic mass is 10.1. The molecule has 1 aromatic rings. The predicted octanol–water partition coefficient (Wildman–Crippen LogP) is 0.840. The number of nitro benzene ring substituents is 1. The zero-order chi connectivity index (χ0) is 11.0. The molecule has 6 nitrogen and oxygen atoms in total. The standard InChI is InChI=1S/C9H11N3O3/c1-15-8-3-2-7(12(13)14)9-6(8)4-5-11(9)10/h2-3H,4-5,10H2,1H3. The third kappa shape index (κ3) is 1.39. The zero-order valence-electron chi connectivity index (χ0n) is 8.27. The first-order valence-electron chi connectivity index (χ1n) is 4.51. The summed E-state index contributed by atoms with van der Waals surface area (Å²) in [6.07, 6.45) is 0.677. The number of ether oxygens (including phenoxy) is 1. The summed E-state index contributed by atoms with van der Waals surface area (Å²) in [5.41, 5.74) is 1.32. The van der Waals surface area contributed by atoms with E-state index in [0.717, 1.165) is 5.56 Å². The molecule has 6 heteroatoms. The Balaban J connectivity index is 2.63. The average molecular weight is 209 g/mol. The van der Waals surface area contributed by atoms with Crippen LogP contribution in [0.3, 0.4) is 0 Å². The summed E-state index contributed by atoms with van der Waals surface area (Å²) in [7, 11) is 1.54. The van der Waals surface area contributed by atoms with Gasteiger partial charge in [-0.2, -0.15) is 0 Å². The van der Waals surface area contributed by atoms with E-state index in [4.69, 9.17) is 10.6 Å². The Morgan fingerprint density at radius 3 is 2.93 bits per heavy atom. The van der Waals surface area contributed by atoms with Crippen molar-refractivity contribution < 1.29 is 9.66 Å². The van der Waals surface area contributed by atoms with Crippen molar-refractivity contribution in [1.29, 1.82) is 0 Å². The first kappa shape index (κ1) is 9.72. The number of hydrogen-bond donors (Lipinski definition) is 1. The molecule has 0 spiro atoms. The molecule has 1 aliphatic rings. The molecule has 0 radical (unpaired) electrons. The normalized spacial score (nSPS) is 13.9. The molecule has 1 heterocycles. The summed E-state index contributed by atoms with van der Waals surface area (Å²) < 4.78 is 5.14. The Labute approximate surface area is 86.4 Å². The van der Waals surface area contributed by atoms with Gasteiger partial charge in [-0.05, 0) is 12.5 Å². The van der Waals surface area contributed by atoms with Crippen molar-refractivity contribution in [3.8, 4) is 5.75 Å². The Bertz CT molecular complexity index is 419. The molecule has 0 unspecified atom stereocenters. The van der Waals surface area contributed by atoms with Crippen molar-refractivity contribution in [2.24, 2.45) is 5.84 Å². The quantitative estimate of drug-likeness (QED) is 0.443. The van der Waals surface area contributed by atoms with Crippen molar-refractivity contribution in [2.75, 3.05) is 18.7 Å². The van der Waals surface area contributed by atoms with Crippen LogP contribution in [0.4, 0.5) is 11.4 Å². The highest BCUT2D eigenvalue weighted by atomic mass is 16.6. The van der Waals surface area contributed by atoms with E-state index < -0.39 is 4.92 Å². The molecule has 2 N–H and O–H groups in total. The van der Waals surface area contributed by atoms with Gasteiger partial charge in [0.25, 0.3) is 5.69 Å². The lowest BCUT2D eigenvalue weighted by Crippen LogP contribution is -2.28. The minimum Gasteiger partial charge on any atom is -0.496 e. The molecule has 0 bridgehead atoms. The summed E-state index contributed by atoms with van der Waals surface area (Å²) >= 11 is 0. The number of benzene rings is 1. The monoisotopic (exact) mass is 209 g/mol. The molecule has 1 aromatic carbocycles. The third-order valence-electron chi connectivity index (χ3n) is 2.53. The first-order chi connectivity index (χ1) is 7.15. The topological polar surface area (TPSA) is 81.6 Å². The van der Waals surface area contributed by atoms with Crippen molar-refractivity contribution in [3.05, 3.63) is 27.8 Å². The Kier molecular flexibility index (Phi) is 2.20. The van der Waals surface area contributed by atoms with Crippen LogP contribution in [0.2, 0.25) is 0 Å². The summed E-state index contributed by atoms with van der Waals surface area (Å²) in [5.74, 6) is 6.34. The van der Waals surface area contributed by atoms with Crippen LogP contribution < -0.4 is 15.6 Å². The van der Waals surface area contributed by atoms with E-state index in [1.807, 2.05) is 0 Å². The van der Waals surface area contributed by atoms with Gasteiger partial charge in [0.15, 0.2) is 0 Å². The van der Waals surface area contributed by atoms with Crippen LogP contribution in [0.25, 0.3) is 0 Å². The number of rotatable bonds is 2. The highest BCUT2D eigenvalue weighted by Gasteiger charge is 2.29. The third-order valence-corrected chi connectivity index (χ3v) is 2.53. The van der Waals surface area contributed by atoms with E-state index >= 15 is 0 Å². The molecule has 0 fully saturated rings. The van der Waals surface area contributed by atoms with Gasteiger partial charge < -0.3 is 9.75 Å². The van der Waals surface area contributed by atoms with Crippen LogP contribution in [-0.2, 0) is 6.42 Å². The van der Waals surface area contributed by atoms with Gasteiger partial charge >= 0.3 is 0 Å². The highest BCUT2D eigenvalue weighted by Crippen LogP contribution is 2.40. The average Bonchev–Trinajstić information content (AvgIpc) is 2.60. The van der Waals surface area contributed by atoms with Crippen molar-refractivity contribution in [1.82, 2.24) is 0 Å². The molecule has 0 aromatic heterocycles. The van der Waals surface area contributed by atoms with Crippen molar-refractivity contribution in [2.45, 2.75) is 6.42 Å². The molecular formula is C9H11N3O3. The number of nitrogens with zero attached hydrogens (tertiary/aromatic N) is 2. The molecule has 2 rings (SSSR count). The number of hydrogen-bond acceptors (Lipinski definition) is 5. The van der Waals surface area contributed by atoms with E-state index in [2.05, 4.69) is 0 Å². The second-order valence-corrected chi connectivity index (χ2v) is 3.31. The fourth-order valence-electron chi connectivity index (χ4n) is 1.85. The number of nitro groups is 1. The summed E-state index contributed by atoms with van der Waals surface area (Å²) in [4.78, 5) is 10.4. The molecule has 0 amide bonds. The largest absolute Gasteiger partial charge is 0.496 e. The van der Waals surface area contributed by atoms with Gasteiger partial charge in [-0.15, -0.1) is 0 Å². The van der Waals surface area contributed by atoms with Crippen LogP contribution in [0, 0.1) is 10.1 Å².